The summed E-state index contributed by atoms with van der Waals surface area (Å²) in [5.41, 5.74) is 0.166. The van der Waals surface area contributed by atoms with E-state index in [0.717, 1.165) is 6.08 Å². The number of ketones is 2. The zero-order valence-electron chi connectivity index (χ0n) is 11.0. The van der Waals surface area contributed by atoms with E-state index in [4.69, 9.17) is 0 Å². The number of allylic oxidation sites excluding steroid dienone is 2. The lowest BCUT2D eigenvalue weighted by Crippen LogP contribution is -2.21. The molecule has 0 rings (SSSR count). The Hall–Kier alpha value is -1.32. The van der Waals surface area contributed by atoms with E-state index < -0.39 is 56.2 Å². The van der Waals surface area contributed by atoms with Crippen molar-refractivity contribution >= 4 is 31.8 Å². The molecule has 0 bridgehead atoms. The summed E-state index contributed by atoms with van der Waals surface area (Å²) in [6.45, 7) is 7.90. The van der Waals surface area contributed by atoms with E-state index in [0.29, 0.717) is 0 Å². The van der Waals surface area contributed by atoms with Gasteiger partial charge in [0.2, 0.25) is 0 Å². The molecular formula is C11H16O7S2. The number of carbonyl (C=O) groups excluding carboxylic acids is 2. The van der Waals surface area contributed by atoms with Gasteiger partial charge in [0.15, 0.2) is 11.6 Å². The smallest absolute Gasteiger partial charge is 0.282 e. The van der Waals surface area contributed by atoms with Crippen LogP contribution in [0.1, 0.15) is 19.8 Å². The quantitative estimate of drug-likeness (QED) is 0.533. The molecule has 0 aliphatic rings. The van der Waals surface area contributed by atoms with Crippen molar-refractivity contribution in [3.05, 3.63) is 24.8 Å². The highest BCUT2D eigenvalue weighted by Gasteiger charge is 2.24. The molecule has 114 valence electrons. The molecule has 0 N–H and O–H groups in total. The molecular weight excluding hydrogens is 308 g/mol. The lowest BCUT2D eigenvalue weighted by Gasteiger charge is -2.05. The molecule has 0 aliphatic carbocycles. The fourth-order valence-corrected chi connectivity index (χ4v) is 3.68. The van der Waals surface area contributed by atoms with Crippen LogP contribution in [0.3, 0.4) is 0 Å². The molecule has 0 saturated heterocycles. The van der Waals surface area contributed by atoms with Crippen LogP contribution in [0.4, 0.5) is 0 Å². The summed E-state index contributed by atoms with van der Waals surface area (Å²) in [5.74, 6) is -2.60. The highest BCUT2D eigenvalue weighted by atomic mass is 32.3. The average molecular weight is 324 g/mol. The second kappa shape index (κ2) is 7.46. The number of rotatable bonds is 10. The topological polar surface area (TPSA) is 112 Å². The first-order valence-electron chi connectivity index (χ1n) is 5.49. The summed E-state index contributed by atoms with van der Waals surface area (Å²) in [4.78, 5) is 22.1. The predicted octanol–water partition coefficient (Wildman–Crippen LogP) is 0.343. The number of carbonyl (C=O) groups is 2. The third kappa shape index (κ3) is 7.97. The molecule has 0 heterocycles. The highest BCUT2D eigenvalue weighted by Crippen LogP contribution is 2.07. The van der Waals surface area contributed by atoms with Gasteiger partial charge in [-0.25, -0.2) is 0 Å². The molecule has 20 heavy (non-hydrogen) atoms. The molecule has 7 nitrogen and oxygen atoms in total. The fourth-order valence-electron chi connectivity index (χ4n) is 0.985. The third-order valence-corrected chi connectivity index (χ3v) is 5.16. The lowest BCUT2D eigenvalue weighted by molar-refractivity contribution is -0.115. The average Bonchev–Trinajstić information content (AvgIpc) is 2.31. The van der Waals surface area contributed by atoms with E-state index in [1.807, 2.05) is 0 Å². The fraction of sp³-hybridized carbons (Fsp3) is 0.455. The maximum absolute atomic E-state index is 11.4. The minimum Gasteiger partial charge on any atom is -0.295 e. The summed E-state index contributed by atoms with van der Waals surface area (Å²) >= 11 is 0. The second-order valence-electron chi connectivity index (χ2n) is 3.97. The molecule has 0 spiro atoms. The van der Waals surface area contributed by atoms with E-state index in [2.05, 4.69) is 16.8 Å². The zero-order valence-corrected chi connectivity index (χ0v) is 12.6. The summed E-state index contributed by atoms with van der Waals surface area (Å²) in [5, 5.41) is 0. The van der Waals surface area contributed by atoms with Crippen molar-refractivity contribution in [1.82, 2.24) is 0 Å². The molecule has 0 aromatic rings. The molecule has 0 radical (unpaired) electrons. The van der Waals surface area contributed by atoms with Crippen molar-refractivity contribution in [1.29, 1.82) is 0 Å². The summed E-state index contributed by atoms with van der Waals surface area (Å²) in [6, 6.07) is 0. The van der Waals surface area contributed by atoms with Crippen LogP contribution in [0.5, 0.6) is 0 Å². The van der Waals surface area contributed by atoms with Crippen molar-refractivity contribution in [3.8, 4) is 0 Å². The SMILES string of the molecule is C=CC(=O)CCS(=O)(=O)OS(=O)(=O)CCC(=O)C(=C)C. The first-order chi connectivity index (χ1) is 8.99. The highest BCUT2D eigenvalue weighted by molar-refractivity contribution is 7.99. The van der Waals surface area contributed by atoms with Gasteiger partial charge in [-0.3, -0.25) is 9.59 Å². The zero-order chi connectivity index (χ0) is 16.0. The third-order valence-electron chi connectivity index (χ3n) is 2.09. The molecule has 0 aromatic heterocycles. The van der Waals surface area contributed by atoms with E-state index in [-0.39, 0.29) is 5.57 Å². The molecule has 0 aromatic carbocycles. The van der Waals surface area contributed by atoms with Crippen LogP contribution in [-0.4, -0.2) is 39.9 Å². The normalized spacial score (nSPS) is 11.8. The van der Waals surface area contributed by atoms with Crippen LogP contribution in [0.15, 0.2) is 24.8 Å². The van der Waals surface area contributed by atoms with E-state index >= 15 is 0 Å². The molecule has 0 atom stereocenters. The van der Waals surface area contributed by atoms with Gasteiger partial charge < -0.3 is 0 Å². The second-order valence-corrected chi connectivity index (χ2v) is 7.56. The minimum absolute atomic E-state index is 0.166. The Morgan fingerprint density at radius 3 is 1.90 bits per heavy atom. The summed E-state index contributed by atoms with van der Waals surface area (Å²) in [7, 11) is -8.81. The number of hydrogen-bond acceptors (Lipinski definition) is 7. The lowest BCUT2D eigenvalue weighted by atomic mass is 10.2. The van der Waals surface area contributed by atoms with Crippen molar-refractivity contribution in [2.45, 2.75) is 19.8 Å². The van der Waals surface area contributed by atoms with Crippen molar-refractivity contribution < 1.29 is 30.1 Å². The van der Waals surface area contributed by atoms with Gasteiger partial charge in [-0.05, 0) is 18.6 Å². The van der Waals surface area contributed by atoms with Crippen molar-refractivity contribution in [3.63, 3.8) is 0 Å². The van der Waals surface area contributed by atoms with Crippen molar-refractivity contribution in [2.75, 3.05) is 11.5 Å². The van der Waals surface area contributed by atoms with E-state index in [1.54, 1.807) is 0 Å². The van der Waals surface area contributed by atoms with Gasteiger partial charge in [-0.1, -0.05) is 13.2 Å². The van der Waals surface area contributed by atoms with E-state index in [1.165, 1.54) is 6.92 Å². The van der Waals surface area contributed by atoms with Crippen LogP contribution in [-0.2, 0) is 33.5 Å². The van der Waals surface area contributed by atoms with Crippen LogP contribution in [0.25, 0.3) is 0 Å². The maximum Gasteiger partial charge on any atom is 0.282 e. The first-order valence-corrected chi connectivity index (χ1v) is 8.65. The van der Waals surface area contributed by atoms with Gasteiger partial charge in [0, 0.05) is 12.8 Å². The van der Waals surface area contributed by atoms with Crippen LogP contribution in [0.2, 0.25) is 0 Å². The molecule has 0 amide bonds. The summed E-state index contributed by atoms with van der Waals surface area (Å²) in [6.07, 6.45) is 0.0837. The predicted molar refractivity (Wildman–Crippen MR) is 72.9 cm³/mol. The monoisotopic (exact) mass is 324 g/mol. The Kier molecular flexibility index (Phi) is 6.97. The molecule has 0 saturated carbocycles. The summed E-state index contributed by atoms with van der Waals surface area (Å²) < 4.78 is 49.5. The van der Waals surface area contributed by atoms with Gasteiger partial charge in [0.25, 0.3) is 20.2 Å². The van der Waals surface area contributed by atoms with Crippen LogP contribution < -0.4 is 0 Å². The van der Waals surface area contributed by atoms with Gasteiger partial charge in [-0.15, -0.1) is 3.63 Å². The Morgan fingerprint density at radius 2 is 1.50 bits per heavy atom. The Bertz CT molecular complexity index is 611. The minimum atomic E-state index is -4.41. The first kappa shape index (κ1) is 18.7. The number of Topliss-reactive ketones (excluding diaryl/α,β-unsaturated/α-hetero) is 1. The Balaban J connectivity index is 4.59. The molecule has 0 unspecified atom stereocenters. The van der Waals surface area contributed by atoms with Crippen LogP contribution >= 0.6 is 0 Å². The van der Waals surface area contributed by atoms with Gasteiger partial charge in [0.05, 0.1) is 11.5 Å². The van der Waals surface area contributed by atoms with Gasteiger partial charge in [-0.2, -0.15) is 16.8 Å². The van der Waals surface area contributed by atoms with Crippen molar-refractivity contribution in [2.24, 2.45) is 0 Å². The molecule has 9 heteroatoms. The Morgan fingerprint density at radius 1 is 1.05 bits per heavy atom. The Labute approximate surface area is 118 Å². The number of hydrogen-bond donors (Lipinski definition) is 0. The van der Waals surface area contributed by atoms with E-state index in [9.17, 15) is 26.4 Å². The maximum atomic E-state index is 11.4. The standard InChI is InChI=1S/C11H16O7S2/c1-4-10(12)5-7-19(14,15)18-20(16,17)8-6-11(13)9(2)3/h4H,1-2,5-8H2,3H3. The molecule has 0 fully saturated rings. The molecule has 0 aliphatic heterocycles. The largest absolute Gasteiger partial charge is 0.295 e. The van der Waals surface area contributed by atoms with Gasteiger partial charge >= 0.3 is 0 Å². The van der Waals surface area contributed by atoms with Crippen LogP contribution in [0, 0.1) is 0 Å². The van der Waals surface area contributed by atoms with Gasteiger partial charge in [0.1, 0.15) is 0 Å².